The third-order valence-corrected chi connectivity index (χ3v) is 4.94. The van der Waals surface area contributed by atoms with E-state index in [4.69, 9.17) is 10.00 Å². The Hall–Kier alpha value is -3.02. The van der Waals surface area contributed by atoms with Crippen molar-refractivity contribution in [2.24, 2.45) is 0 Å². The molecular weight excluding hydrogens is 358 g/mol. The van der Waals surface area contributed by atoms with E-state index < -0.39 is 18.5 Å². The zero-order valence-electron chi connectivity index (χ0n) is 12.8. The van der Waals surface area contributed by atoms with Crippen molar-refractivity contribution in [3.63, 3.8) is 0 Å². The normalized spacial score (nSPS) is 10.0. The molecule has 3 aromatic rings. The van der Waals surface area contributed by atoms with Crippen LogP contribution in [0.15, 0.2) is 47.2 Å². The molecule has 0 aliphatic carbocycles. The maximum absolute atomic E-state index is 12.0. The molecular formula is C17H11N3O3S2. The number of esters is 1. The molecule has 0 aliphatic rings. The molecule has 2 aromatic heterocycles. The fourth-order valence-electron chi connectivity index (χ4n) is 1.95. The Bertz CT molecular complexity index is 942. The summed E-state index contributed by atoms with van der Waals surface area (Å²) in [5.74, 6) is -1.14. The maximum atomic E-state index is 12.0. The predicted molar refractivity (Wildman–Crippen MR) is 95.5 cm³/mol. The lowest BCUT2D eigenvalue weighted by molar-refractivity contribution is -0.119. The van der Waals surface area contributed by atoms with Crippen LogP contribution < -0.4 is 5.32 Å². The topological polar surface area (TPSA) is 92.1 Å². The molecule has 1 N–H and O–H groups in total. The van der Waals surface area contributed by atoms with Crippen LogP contribution in [0.3, 0.4) is 0 Å². The molecule has 8 heteroatoms. The summed E-state index contributed by atoms with van der Waals surface area (Å²) < 4.78 is 4.98. The number of thiophene rings is 1. The Balaban J connectivity index is 1.55. The van der Waals surface area contributed by atoms with Gasteiger partial charge in [-0.05, 0) is 29.6 Å². The first-order valence-electron chi connectivity index (χ1n) is 7.12. The van der Waals surface area contributed by atoms with Crippen molar-refractivity contribution in [3.05, 3.63) is 58.4 Å². The van der Waals surface area contributed by atoms with Gasteiger partial charge in [-0.25, -0.2) is 9.78 Å². The van der Waals surface area contributed by atoms with Gasteiger partial charge < -0.3 is 10.1 Å². The highest BCUT2D eigenvalue weighted by Crippen LogP contribution is 2.27. The van der Waals surface area contributed by atoms with Crippen molar-refractivity contribution in [2.75, 3.05) is 11.9 Å². The second-order valence-corrected chi connectivity index (χ2v) is 6.64. The average Bonchev–Trinajstić information content (AvgIpc) is 3.31. The van der Waals surface area contributed by atoms with Crippen LogP contribution in [0.4, 0.5) is 5.69 Å². The molecule has 0 saturated carbocycles. The number of carbonyl (C=O) groups excluding carboxylic acids is 2. The van der Waals surface area contributed by atoms with Crippen molar-refractivity contribution < 1.29 is 14.3 Å². The van der Waals surface area contributed by atoms with Crippen LogP contribution in [0.1, 0.15) is 16.1 Å². The van der Waals surface area contributed by atoms with E-state index in [-0.39, 0.29) is 5.69 Å². The lowest BCUT2D eigenvalue weighted by Gasteiger charge is -2.05. The number of nitrogens with zero attached hydrogens (tertiary/aromatic N) is 2. The van der Waals surface area contributed by atoms with E-state index in [2.05, 4.69) is 10.3 Å². The summed E-state index contributed by atoms with van der Waals surface area (Å²) in [6.07, 6.45) is 0. The number of amides is 1. The van der Waals surface area contributed by atoms with Crippen LogP contribution in [0.2, 0.25) is 0 Å². The number of hydrogen-bond donors (Lipinski definition) is 1. The number of hydrogen-bond acceptors (Lipinski definition) is 7. The predicted octanol–water partition coefficient (Wildman–Crippen LogP) is 3.54. The molecule has 0 fully saturated rings. The molecule has 0 aliphatic heterocycles. The van der Waals surface area contributed by atoms with E-state index in [0.717, 1.165) is 9.88 Å². The average molecular weight is 369 g/mol. The Kier molecular flexibility index (Phi) is 5.18. The van der Waals surface area contributed by atoms with Crippen molar-refractivity contribution in [2.45, 2.75) is 0 Å². The van der Waals surface area contributed by atoms with Gasteiger partial charge in [0.05, 0.1) is 16.5 Å². The number of rotatable bonds is 5. The molecule has 0 spiro atoms. The quantitative estimate of drug-likeness (QED) is 0.695. The van der Waals surface area contributed by atoms with Crippen LogP contribution in [0.25, 0.3) is 9.88 Å². The molecule has 3 rings (SSSR count). The third-order valence-electron chi connectivity index (χ3n) is 3.06. The number of nitrogens with one attached hydrogen (secondary N) is 1. The molecule has 0 saturated heterocycles. The summed E-state index contributed by atoms with van der Waals surface area (Å²) in [5, 5.41) is 15.7. The SMILES string of the molecule is N#Cc1cccc(NC(=O)COC(=O)c2csc(-c3cccs3)n2)c1. The minimum atomic E-state index is -0.653. The molecule has 1 aromatic carbocycles. The second-order valence-electron chi connectivity index (χ2n) is 4.83. The lowest BCUT2D eigenvalue weighted by Crippen LogP contribution is -2.21. The number of anilines is 1. The molecule has 0 bridgehead atoms. The number of ether oxygens (including phenoxy) is 1. The van der Waals surface area contributed by atoms with Crippen LogP contribution in [0, 0.1) is 11.3 Å². The molecule has 6 nitrogen and oxygen atoms in total. The Morgan fingerprint density at radius 2 is 2.12 bits per heavy atom. The van der Waals surface area contributed by atoms with E-state index in [9.17, 15) is 9.59 Å². The molecule has 0 atom stereocenters. The summed E-state index contributed by atoms with van der Waals surface area (Å²) >= 11 is 2.88. The fraction of sp³-hybridized carbons (Fsp3) is 0.0588. The number of aromatic nitrogens is 1. The fourth-order valence-corrected chi connectivity index (χ4v) is 3.55. The summed E-state index contributed by atoms with van der Waals surface area (Å²) in [6.45, 7) is -0.429. The lowest BCUT2D eigenvalue weighted by atomic mass is 10.2. The molecule has 25 heavy (non-hydrogen) atoms. The summed E-state index contributed by atoms with van der Waals surface area (Å²) in [5.41, 5.74) is 1.07. The van der Waals surface area contributed by atoms with Gasteiger partial charge in [0.1, 0.15) is 5.01 Å². The van der Waals surface area contributed by atoms with Crippen LogP contribution in [0.5, 0.6) is 0 Å². The van der Waals surface area contributed by atoms with E-state index in [0.29, 0.717) is 11.3 Å². The van der Waals surface area contributed by atoms with Crippen LogP contribution in [-0.2, 0) is 9.53 Å². The zero-order chi connectivity index (χ0) is 17.6. The third kappa shape index (κ3) is 4.29. The number of carbonyl (C=O) groups is 2. The van der Waals surface area contributed by atoms with Gasteiger partial charge in [-0.2, -0.15) is 5.26 Å². The van der Waals surface area contributed by atoms with Crippen molar-refractivity contribution in [1.82, 2.24) is 4.98 Å². The standard InChI is InChI=1S/C17H11N3O3S2/c18-8-11-3-1-4-12(7-11)19-15(21)9-23-17(22)13-10-25-16(20-13)14-5-2-6-24-14/h1-7,10H,9H2,(H,19,21). The van der Waals surface area contributed by atoms with E-state index in [1.165, 1.54) is 28.7 Å². The first-order chi connectivity index (χ1) is 12.2. The van der Waals surface area contributed by atoms with E-state index >= 15 is 0 Å². The molecule has 0 radical (unpaired) electrons. The number of benzene rings is 1. The minimum Gasteiger partial charge on any atom is -0.451 e. The largest absolute Gasteiger partial charge is 0.451 e. The van der Waals surface area contributed by atoms with Gasteiger partial charge in [0, 0.05) is 11.1 Å². The van der Waals surface area contributed by atoms with Gasteiger partial charge in [-0.15, -0.1) is 22.7 Å². The van der Waals surface area contributed by atoms with Crippen molar-refractivity contribution in [3.8, 4) is 16.0 Å². The van der Waals surface area contributed by atoms with Crippen molar-refractivity contribution >= 4 is 40.2 Å². The van der Waals surface area contributed by atoms with E-state index in [1.807, 2.05) is 23.6 Å². The Labute approximate surface area is 151 Å². The van der Waals surface area contributed by atoms with E-state index in [1.54, 1.807) is 23.6 Å². The minimum absolute atomic E-state index is 0.174. The first-order valence-corrected chi connectivity index (χ1v) is 8.88. The van der Waals surface area contributed by atoms with Gasteiger partial charge in [-0.1, -0.05) is 12.1 Å². The monoisotopic (exact) mass is 369 g/mol. The highest BCUT2D eigenvalue weighted by atomic mass is 32.1. The first kappa shape index (κ1) is 16.8. The number of nitriles is 1. The van der Waals surface area contributed by atoms with Gasteiger partial charge in [-0.3, -0.25) is 4.79 Å². The van der Waals surface area contributed by atoms with Gasteiger partial charge in [0.15, 0.2) is 12.3 Å². The summed E-state index contributed by atoms with van der Waals surface area (Å²) in [4.78, 5) is 29.0. The molecule has 2 heterocycles. The maximum Gasteiger partial charge on any atom is 0.358 e. The second kappa shape index (κ2) is 7.70. The number of thiazole rings is 1. The zero-order valence-corrected chi connectivity index (χ0v) is 14.4. The van der Waals surface area contributed by atoms with Crippen LogP contribution in [-0.4, -0.2) is 23.5 Å². The Morgan fingerprint density at radius 3 is 2.88 bits per heavy atom. The summed E-state index contributed by atoms with van der Waals surface area (Å²) in [6, 6.07) is 12.3. The highest BCUT2D eigenvalue weighted by Gasteiger charge is 2.15. The van der Waals surface area contributed by atoms with Crippen molar-refractivity contribution in [1.29, 1.82) is 5.26 Å². The highest BCUT2D eigenvalue weighted by molar-refractivity contribution is 7.20. The van der Waals surface area contributed by atoms with Gasteiger partial charge in [0.25, 0.3) is 5.91 Å². The Morgan fingerprint density at radius 1 is 1.24 bits per heavy atom. The van der Waals surface area contributed by atoms with Gasteiger partial charge in [0.2, 0.25) is 0 Å². The molecule has 124 valence electrons. The molecule has 0 unspecified atom stereocenters. The van der Waals surface area contributed by atoms with Gasteiger partial charge >= 0.3 is 5.97 Å². The summed E-state index contributed by atoms with van der Waals surface area (Å²) in [7, 11) is 0. The van der Waals surface area contributed by atoms with Crippen LogP contribution >= 0.6 is 22.7 Å². The molecule has 1 amide bonds. The smallest absolute Gasteiger partial charge is 0.358 e.